The second-order valence-electron chi connectivity index (χ2n) is 6.92. The Morgan fingerprint density at radius 2 is 1.90 bits per heavy atom. The van der Waals surface area contributed by atoms with Crippen molar-refractivity contribution < 1.29 is 19.4 Å². The Morgan fingerprint density at radius 3 is 2.45 bits per heavy atom. The van der Waals surface area contributed by atoms with Crippen molar-refractivity contribution >= 4 is 11.9 Å². The van der Waals surface area contributed by atoms with Gasteiger partial charge in [-0.25, -0.2) is 0 Å². The number of carboxylic acid groups (broad SMARTS) is 1. The maximum Gasteiger partial charge on any atom is 0.306 e. The molecule has 4 atom stereocenters. The zero-order valence-electron chi connectivity index (χ0n) is 12.7. The SMILES string of the molecule is CC(C)OC(C)(C)C(=O)N[C@@H]1C[C@@H]2CC(C(=O)O)C[C@@H]21. The molecule has 0 radical (unpaired) electrons. The van der Waals surface area contributed by atoms with Crippen molar-refractivity contribution in [1.29, 1.82) is 0 Å². The summed E-state index contributed by atoms with van der Waals surface area (Å²) in [6, 6.07) is 0.117. The quantitative estimate of drug-likeness (QED) is 0.807. The van der Waals surface area contributed by atoms with Crippen molar-refractivity contribution in [2.75, 3.05) is 0 Å². The van der Waals surface area contributed by atoms with Gasteiger partial charge in [0, 0.05) is 6.04 Å². The Balaban J connectivity index is 1.87. The number of rotatable bonds is 5. The molecule has 0 aromatic rings. The van der Waals surface area contributed by atoms with Crippen LogP contribution >= 0.6 is 0 Å². The summed E-state index contributed by atoms with van der Waals surface area (Å²) in [5, 5.41) is 12.1. The third kappa shape index (κ3) is 2.97. The van der Waals surface area contributed by atoms with E-state index in [2.05, 4.69) is 5.32 Å². The minimum absolute atomic E-state index is 0.00670. The molecule has 0 saturated heterocycles. The molecule has 0 aliphatic heterocycles. The Labute approximate surface area is 120 Å². The van der Waals surface area contributed by atoms with E-state index in [-0.39, 0.29) is 24.0 Å². The molecule has 0 aromatic heterocycles. The van der Waals surface area contributed by atoms with Crippen molar-refractivity contribution in [3.8, 4) is 0 Å². The van der Waals surface area contributed by atoms with E-state index in [4.69, 9.17) is 9.84 Å². The average molecular weight is 283 g/mol. The van der Waals surface area contributed by atoms with E-state index in [9.17, 15) is 9.59 Å². The fourth-order valence-electron chi connectivity index (χ4n) is 3.58. The number of carboxylic acids is 1. The molecule has 5 nitrogen and oxygen atoms in total. The van der Waals surface area contributed by atoms with Gasteiger partial charge in [-0.15, -0.1) is 0 Å². The van der Waals surface area contributed by atoms with Gasteiger partial charge in [0.2, 0.25) is 0 Å². The van der Waals surface area contributed by atoms with E-state index in [1.54, 1.807) is 13.8 Å². The number of aliphatic carboxylic acids is 1. The van der Waals surface area contributed by atoms with E-state index in [1.807, 2.05) is 13.8 Å². The average Bonchev–Trinajstić information content (AvgIpc) is 2.61. The summed E-state index contributed by atoms with van der Waals surface area (Å²) < 4.78 is 5.63. The maximum absolute atomic E-state index is 12.3. The van der Waals surface area contributed by atoms with Crippen LogP contribution in [0.25, 0.3) is 0 Å². The molecule has 1 unspecified atom stereocenters. The summed E-state index contributed by atoms with van der Waals surface area (Å²) in [5.74, 6) is -0.237. The van der Waals surface area contributed by atoms with Gasteiger partial charge in [0.05, 0.1) is 12.0 Å². The first kappa shape index (κ1) is 15.3. The first-order valence-electron chi connectivity index (χ1n) is 7.42. The Kier molecular flexibility index (Phi) is 4.09. The minimum Gasteiger partial charge on any atom is -0.481 e. The molecule has 2 rings (SSSR count). The summed E-state index contributed by atoms with van der Waals surface area (Å²) in [5.41, 5.74) is -0.843. The highest BCUT2D eigenvalue weighted by molar-refractivity contribution is 5.84. The summed E-state index contributed by atoms with van der Waals surface area (Å²) in [6.07, 6.45) is 2.35. The number of hydrogen-bond donors (Lipinski definition) is 2. The molecule has 20 heavy (non-hydrogen) atoms. The Bertz CT molecular complexity index is 405. The molecule has 1 amide bonds. The Hall–Kier alpha value is -1.10. The first-order chi connectivity index (χ1) is 9.20. The molecular formula is C15H25NO4. The minimum atomic E-state index is -0.843. The number of ether oxygens (including phenoxy) is 1. The lowest BCUT2D eigenvalue weighted by molar-refractivity contribution is -0.150. The van der Waals surface area contributed by atoms with Crippen LogP contribution in [0, 0.1) is 17.8 Å². The number of hydrogen-bond acceptors (Lipinski definition) is 3. The lowest BCUT2D eigenvalue weighted by Crippen LogP contribution is -2.56. The van der Waals surface area contributed by atoms with E-state index >= 15 is 0 Å². The van der Waals surface area contributed by atoms with E-state index < -0.39 is 11.6 Å². The predicted octanol–water partition coefficient (Wildman–Crippen LogP) is 1.81. The van der Waals surface area contributed by atoms with Crippen molar-refractivity contribution in [2.24, 2.45) is 17.8 Å². The normalized spacial score (nSPS) is 32.6. The fraction of sp³-hybridized carbons (Fsp3) is 0.867. The molecule has 2 N–H and O–H groups in total. The lowest BCUT2D eigenvalue weighted by Gasteiger charge is -2.42. The molecule has 0 aromatic carbocycles. The van der Waals surface area contributed by atoms with Gasteiger partial charge in [-0.3, -0.25) is 9.59 Å². The zero-order chi connectivity index (χ0) is 15.1. The van der Waals surface area contributed by atoms with Gasteiger partial charge in [0.1, 0.15) is 5.60 Å². The molecule has 2 aliphatic rings. The molecule has 0 heterocycles. The number of amides is 1. The predicted molar refractivity (Wildman–Crippen MR) is 74.2 cm³/mol. The van der Waals surface area contributed by atoms with Crippen LogP contribution in [0.15, 0.2) is 0 Å². The molecule has 114 valence electrons. The van der Waals surface area contributed by atoms with Gasteiger partial charge in [-0.2, -0.15) is 0 Å². The summed E-state index contributed by atoms with van der Waals surface area (Å²) in [7, 11) is 0. The highest BCUT2D eigenvalue weighted by Crippen LogP contribution is 2.49. The maximum atomic E-state index is 12.3. The number of nitrogens with one attached hydrogen (secondary N) is 1. The second-order valence-corrected chi connectivity index (χ2v) is 6.92. The van der Waals surface area contributed by atoms with Crippen LogP contribution in [-0.4, -0.2) is 34.7 Å². The third-order valence-corrected chi connectivity index (χ3v) is 4.57. The molecular weight excluding hydrogens is 258 g/mol. The first-order valence-corrected chi connectivity index (χ1v) is 7.42. The van der Waals surface area contributed by atoms with Crippen LogP contribution in [0.2, 0.25) is 0 Å². The Morgan fingerprint density at radius 1 is 1.25 bits per heavy atom. The summed E-state index contributed by atoms with van der Waals surface area (Å²) in [4.78, 5) is 23.3. The monoisotopic (exact) mass is 283 g/mol. The highest BCUT2D eigenvalue weighted by atomic mass is 16.5. The fourth-order valence-corrected chi connectivity index (χ4v) is 3.58. The number of carbonyl (C=O) groups excluding carboxylic acids is 1. The van der Waals surface area contributed by atoms with Crippen molar-refractivity contribution in [1.82, 2.24) is 5.32 Å². The molecule has 0 bridgehead atoms. The van der Waals surface area contributed by atoms with Gasteiger partial charge < -0.3 is 15.2 Å². The van der Waals surface area contributed by atoms with Crippen LogP contribution in [0.1, 0.15) is 47.0 Å². The molecule has 0 spiro atoms. The topological polar surface area (TPSA) is 75.6 Å². The van der Waals surface area contributed by atoms with Gasteiger partial charge in [0.15, 0.2) is 0 Å². The highest BCUT2D eigenvalue weighted by Gasteiger charge is 2.50. The van der Waals surface area contributed by atoms with Gasteiger partial charge in [-0.05, 0) is 58.8 Å². The zero-order valence-corrected chi connectivity index (χ0v) is 12.7. The lowest BCUT2D eigenvalue weighted by atomic mass is 9.71. The van der Waals surface area contributed by atoms with Gasteiger partial charge >= 0.3 is 5.97 Å². The summed E-state index contributed by atoms with van der Waals surface area (Å²) in [6.45, 7) is 7.35. The largest absolute Gasteiger partial charge is 0.481 e. The number of fused-ring (bicyclic) bond motifs is 1. The standard InChI is InChI=1S/C15H25NO4/c1-8(2)20-15(3,4)14(19)16-12-7-9-5-10(13(17)18)6-11(9)12/h8-12H,5-7H2,1-4H3,(H,16,19)(H,17,18)/t9-,10?,11-,12+/m0/s1. The van der Waals surface area contributed by atoms with Crippen LogP contribution < -0.4 is 5.32 Å². The van der Waals surface area contributed by atoms with Crippen LogP contribution in [0.5, 0.6) is 0 Å². The summed E-state index contributed by atoms with van der Waals surface area (Å²) >= 11 is 0. The van der Waals surface area contributed by atoms with Crippen molar-refractivity contribution in [3.63, 3.8) is 0 Å². The number of carbonyl (C=O) groups is 2. The third-order valence-electron chi connectivity index (χ3n) is 4.57. The van der Waals surface area contributed by atoms with Crippen LogP contribution in [0.3, 0.4) is 0 Å². The van der Waals surface area contributed by atoms with Crippen molar-refractivity contribution in [2.45, 2.75) is 64.7 Å². The second kappa shape index (κ2) is 5.35. The molecule has 2 fully saturated rings. The molecule has 2 saturated carbocycles. The van der Waals surface area contributed by atoms with Crippen molar-refractivity contribution in [3.05, 3.63) is 0 Å². The van der Waals surface area contributed by atoms with E-state index in [1.165, 1.54) is 0 Å². The molecule has 5 heteroatoms. The van der Waals surface area contributed by atoms with E-state index in [0.29, 0.717) is 18.3 Å². The van der Waals surface area contributed by atoms with Gasteiger partial charge in [0.25, 0.3) is 5.91 Å². The van der Waals surface area contributed by atoms with E-state index in [0.717, 1.165) is 12.8 Å². The molecule has 2 aliphatic carbocycles. The van der Waals surface area contributed by atoms with Crippen LogP contribution in [-0.2, 0) is 14.3 Å². The smallest absolute Gasteiger partial charge is 0.306 e. The van der Waals surface area contributed by atoms with Gasteiger partial charge in [-0.1, -0.05) is 0 Å². The van der Waals surface area contributed by atoms with Crippen LogP contribution in [0.4, 0.5) is 0 Å².